The Kier molecular flexibility index (Phi) is 5.17. The number of benzene rings is 1. The Morgan fingerprint density at radius 3 is 2.52 bits per heavy atom. The molecule has 142 valence electrons. The van der Waals surface area contributed by atoms with Gasteiger partial charge in [-0.2, -0.15) is 5.10 Å². The first kappa shape index (κ1) is 18.9. The summed E-state index contributed by atoms with van der Waals surface area (Å²) in [6.07, 6.45) is 0.298. The molecule has 0 aliphatic rings. The van der Waals surface area contributed by atoms with Crippen molar-refractivity contribution in [3.8, 4) is 0 Å². The van der Waals surface area contributed by atoms with E-state index >= 15 is 0 Å². The first-order chi connectivity index (χ1) is 12.8. The fourth-order valence-corrected chi connectivity index (χ4v) is 3.76. The Bertz CT molecular complexity index is 1030. The highest BCUT2D eigenvalue weighted by Crippen LogP contribution is 2.23. The van der Waals surface area contributed by atoms with Gasteiger partial charge in [0, 0.05) is 47.5 Å². The summed E-state index contributed by atoms with van der Waals surface area (Å²) in [5.41, 5.74) is 5.34. The molecule has 1 N–H and O–H groups in total. The number of ketones is 1. The summed E-state index contributed by atoms with van der Waals surface area (Å²) in [6.45, 7) is 10.8. The number of aryl methyl sites for hydroxylation is 4. The van der Waals surface area contributed by atoms with Crippen LogP contribution in [0.3, 0.4) is 0 Å². The Morgan fingerprint density at radius 1 is 1.15 bits per heavy atom. The van der Waals surface area contributed by atoms with E-state index in [2.05, 4.69) is 34.9 Å². The third kappa shape index (κ3) is 3.65. The Morgan fingerprint density at radius 2 is 1.89 bits per heavy atom. The number of carbonyl (C=O) groups excluding carboxylic acids is 2. The monoisotopic (exact) mass is 366 g/mol. The Balaban J connectivity index is 1.69. The third-order valence-electron chi connectivity index (χ3n) is 4.99. The van der Waals surface area contributed by atoms with Gasteiger partial charge in [0.15, 0.2) is 5.78 Å². The maximum Gasteiger partial charge on any atom is 0.226 e. The molecule has 2 heterocycles. The van der Waals surface area contributed by atoms with E-state index in [1.54, 1.807) is 4.68 Å². The van der Waals surface area contributed by atoms with Crippen LogP contribution in [0.2, 0.25) is 0 Å². The van der Waals surface area contributed by atoms with Crippen LogP contribution in [0, 0.1) is 20.8 Å². The van der Waals surface area contributed by atoms with E-state index in [1.165, 1.54) is 18.1 Å². The molecule has 6 heteroatoms. The number of hydrogen-bond acceptors (Lipinski definition) is 3. The smallest absolute Gasteiger partial charge is 0.226 e. The lowest BCUT2D eigenvalue weighted by molar-refractivity contribution is -0.116. The number of fused-ring (bicyclic) bond motifs is 1. The summed E-state index contributed by atoms with van der Waals surface area (Å²) < 4.78 is 3.98. The molecule has 3 aromatic rings. The standard InChI is InChI=1S/C21H26N4O2/c1-6-24-13(2)11-17-12-18(7-8-19(17)24)22-20(27)9-10-25-15(4)21(16(5)26)14(3)23-25/h7-8,11-12H,6,9-10H2,1-5H3,(H,22,27). The molecule has 0 aliphatic carbocycles. The fourth-order valence-electron chi connectivity index (χ4n) is 3.76. The number of rotatable bonds is 6. The molecule has 0 unspecified atom stereocenters. The summed E-state index contributed by atoms with van der Waals surface area (Å²) in [6, 6.07) is 8.11. The van der Waals surface area contributed by atoms with Gasteiger partial charge >= 0.3 is 0 Å². The highest BCUT2D eigenvalue weighted by atomic mass is 16.1. The van der Waals surface area contributed by atoms with E-state index < -0.39 is 0 Å². The number of nitrogens with zero attached hydrogens (tertiary/aromatic N) is 3. The van der Waals surface area contributed by atoms with Crippen LogP contribution < -0.4 is 5.32 Å². The second-order valence-electron chi connectivity index (χ2n) is 6.93. The van der Waals surface area contributed by atoms with Gasteiger partial charge in [0.25, 0.3) is 0 Å². The molecule has 1 aromatic carbocycles. The van der Waals surface area contributed by atoms with Crippen LogP contribution in [0.4, 0.5) is 5.69 Å². The first-order valence-electron chi connectivity index (χ1n) is 9.26. The van der Waals surface area contributed by atoms with Gasteiger partial charge in [0.2, 0.25) is 5.91 Å². The van der Waals surface area contributed by atoms with Crippen molar-refractivity contribution >= 4 is 28.3 Å². The number of aromatic nitrogens is 3. The van der Waals surface area contributed by atoms with Gasteiger partial charge in [-0.05, 0) is 58.9 Å². The molecular weight excluding hydrogens is 340 g/mol. The lowest BCUT2D eigenvalue weighted by Gasteiger charge is -2.08. The molecule has 0 saturated carbocycles. The van der Waals surface area contributed by atoms with Gasteiger partial charge in [-0.1, -0.05) is 0 Å². The van der Waals surface area contributed by atoms with Crippen LogP contribution >= 0.6 is 0 Å². The number of hydrogen-bond donors (Lipinski definition) is 1. The molecular formula is C21H26N4O2. The maximum atomic E-state index is 12.4. The Labute approximate surface area is 159 Å². The van der Waals surface area contributed by atoms with Crippen LogP contribution in [0.5, 0.6) is 0 Å². The van der Waals surface area contributed by atoms with Gasteiger partial charge in [-0.25, -0.2) is 0 Å². The molecule has 0 aliphatic heterocycles. The number of Topliss-reactive ketones (excluding diaryl/α,β-unsaturated/α-hetero) is 1. The third-order valence-corrected chi connectivity index (χ3v) is 4.99. The minimum Gasteiger partial charge on any atom is -0.345 e. The van der Waals surface area contributed by atoms with E-state index in [4.69, 9.17) is 0 Å². The van der Waals surface area contributed by atoms with E-state index in [9.17, 15) is 9.59 Å². The van der Waals surface area contributed by atoms with Gasteiger partial charge in [-0.3, -0.25) is 14.3 Å². The predicted octanol–water partition coefficient (Wildman–Crippen LogP) is 4.01. The van der Waals surface area contributed by atoms with Crippen molar-refractivity contribution in [2.45, 2.75) is 54.1 Å². The molecule has 27 heavy (non-hydrogen) atoms. The summed E-state index contributed by atoms with van der Waals surface area (Å²) in [5.74, 6) is -0.0683. The fraction of sp³-hybridized carbons (Fsp3) is 0.381. The second kappa shape index (κ2) is 7.39. The van der Waals surface area contributed by atoms with Crippen LogP contribution in [0.1, 0.15) is 47.7 Å². The summed E-state index contributed by atoms with van der Waals surface area (Å²) in [4.78, 5) is 24.1. The lowest BCUT2D eigenvalue weighted by atomic mass is 10.1. The normalized spacial score (nSPS) is 11.1. The molecule has 3 rings (SSSR count). The van der Waals surface area contributed by atoms with E-state index in [-0.39, 0.29) is 11.7 Å². The molecule has 1 amide bonds. The van der Waals surface area contributed by atoms with Crippen LogP contribution in [0.25, 0.3) is 10.9 Å². The average molecular weight is 366 g/mol. The van der Waals surface area contributed by atoms with Crippen molar-refractivity contribution in [2.75, 3.05) is 5.32 Å². The largest absolute Gasteiger partial charge is 0.345 e. The summed E-state index contributed by atoms with van der Waals surface area (Å²) in [5, 5.41) is 8.47. The van der Waals surface area contributed by atoms with Gasteiger partial charge in [0.05, 0.1) is 11.3 Å². The number of nitrogens with one attached hydrogen (secondary N) is 1. The molecule has 0 spiro atoms. The summed E-state index contributed by atoms with van der Waals surface area (Å²) in [7, 11) is 0. The molecule has 0 fully saturated rings. The van der Waals surface area contributed by atoms with Crippen molar-refractivity contribution in [1.29, 1.82) is 0 Å². The summed E-state index contributed by atoms with van der Waals surface area (Å²) >= 11 is 0. The van der Waals surface area contributed by atoms with E-state index in [1.807, 2.05) is 32.0 Å². The number of amides is 1. The van der Waals surface area contributed by atoms with Gasteiger partial charge in [-0.15, -0.1) is 0 Å². The molecule has 2 aromatic heterocycles. The van der Waals surface area contributed by atoms with Crippen molar-refractivity contribution in [1.82, 2.24) is 14.3 Å². The molecule has 6 nitrogen and oxygen atoms in total. The molecule has 0 saturated heterocycles. The van der Waals surface area contributed by atoms with Crippen molar-refractivity contribution in [3.05, 3.63) is 46.9 Å². The Hall–Kier alpha value is -2.89. The number of carbonyl (C=O) groups is 2. The van der Waals surface area contributed by atoms with Gasteiger partial charge < -0.3 is 9.88 Å². The minimum absolute atomic E-state index is 0.00307. The minimum atomic E-state index is -0.0714. The lowest BCUT2D eigenvalue weighted by Crippen LogP contribution is -2.15. The van der Waals surface area contributed by atoms with E-state index in [0.717, 1.165) is 23.3 Å². The van der Waals surface area contributed by atoms with E-state index in [0.29, 0.717) is 24.2 Å². The maximum absolute atomic E-state index is 12.4. The first-order valence-corrected chi connectivity index (χ1v) is 9.26. The van der Waals surface area contributed by atoms with Crippen LogP contribution in [-0.2, 0) is 17.9 Å². The zero-order valence-corrected chi connectivity index (χ0v) is 16.6. The highest BCUT2D eigenvalue weighted by molar-refractivity contribution is 5.96. The molecule has 0 radical (unpaired) electrons. The SMILES string of the molecule is CCn1c(C)cc2cc(NC(=O)CCn3nc(C)c(C(C)=O)c3C)ccc21. The second-order valence-corrected chi connectivity index (χ2v) is 6.93. The highest BCUT2D eigenvalue weighted by Gasteiger charge is 2.16. The van der Waals surface area contributed by atoms with Crippen molar-refractivity contribution < 1.29 is 9.59 Å². The topological polar surface area (TPSA) is 68.9 Å². The van der Waals surface area contributed by atoms with Crippen LogP contribution in [0.15, 0.2) is 24.3 Å². The zero-order chi connectivity index (χ0) is 19.7. The predicted molar refractivity (Wildman–Crippen MR) is 107 cm³/mol. The quantitative estimate of drug-likeness (QED) is 0.670. The average Bonchev–Trinajstić information content (AvgIpc) is 3.07. The van der Waals surface area contributed by atoms with Crippen LogP contribution in [-0.4, -0.2) is 26.0 Å². The zero-order valence-electron chi connectivity index (χ0n) is 16.6. The molecule has 0 atom stereocenters. The van der Waals surface area contributed by atoms with Crippen molar-refractivity contribution in [3.63, 3.8) is 0 Å². The van der Waals surface area contributed by atoms with Crippen molar-refractivity contribution in [2.24, 2.45) is 0 Å². The van der Waals surface area contributed by atoms with Gasteiger partial charge in [0.1, 0.15) is 0 Å². The number of anilines is 1. The molecule has 0 bridgehead atoms.